The maximum atomic E-state index is 12.2. The summed E-state index contributed by atoms with van der Waals surface area (Å²) in [5, 5.41) is 20.3. The van der Waals surface area contributed by atoms with Crippen molar-refractivity contribution < 1.29 is 19.8 Å². The van der Waals surface area contributed by atoms with Gasteiger partial charge in [0.1, 0.15) is 11.6 Å². The summed E-state index contributed by atoms with van der Waals surface area (Å²) in [5.74, 6) is -2.06. The van der Waals surface area contributed by atoms with Gasteiger partial charge in [-0.2, -0.15) is 0 Å². The SMILES string of the molecule is O=C(NC(CCO)C(=O)O)c1c[nH]c2ccccc2c1=O. The third kappa shape index (κ3) is 3.09. The number of nitrogens with one attached hydrogen (secondary N) is 2. The summed E-state index contributed by atoms with van der Waals surface area (Å²) in [6, 6.07) is 5.45. The van der Waals surface area contributed by atoms with Crippen molar-refractivity contribution in [1.82, 2.24) is 10.3 Å². The highest BCUT2D eigenvalue weighted by molar-refractivity contribution is 5.98. The molecule has 2 aromatic rings. The van der Waals surface area contributed by atoms with Crippen LogP contribution in [0, 0.1) is 0 Å². The fourth-order valence-corrected chi connectivity index (χ4v) is 1.96. The number of hydrogen-bond donors (Lipinski definition) is 4. The molecule has 1 unspecified atom stereocenters. The molecule has 7 nitrogen and oxygen atoms in total. The number of H-pyrrole nitrogens is 1. The number of hydrogen-bond acceptors (Lipinski definition) is 4. The van der Waals surface area contributed by atoms with E-state index in [1.165, 1.54) is 6.20 Å². The van der Waals surface area contributed by atoms with Crippen molar-refractivity contribution in [2.45, 2.75) is 12.5 Å². The number of rotatable bonds is 5. The van der Waals surface area contributed by atoms with Crippen molar-refractivity contribution in [3.8, 4) is 0 Å². The van der Waals surface area contributed by atoms with Gasteiger partial charge in [-0.15, -0.1) is 0 Å². The number of aromatic amines is 1. The van der Waals surface area contributed by atoms with Crippen LogP contribution in [0.25, 0.3) is 10.9 Å². The molecule has 1 heterocycles. The number of carbonyl (C=O) groups excluding carboxylic acids is 1. The minimum Gasteiger partial charge on any atom is -0.480 e. The first-order valence-electron chi connectivity index (χ1n) is 6.29. The molecule has 0 radical (unpaired) electrons. The number of benzene rings is 1. The van der Waals surface area contributed by atoms with E-state index >= 15 is 0 Å². The minimum absolute atomic E-state index is 0.132. The Bertz CT molecular complexity index is 737. The van der Waals surface area contributed by atoms with E-state index in [0.717, 1.165) is 0 Å². The van der Waals surface area contributed by atoms with Gasteiger partial charge >= 0.3 is 5.97 Å². The van der Waals surface area contributed by atoms with E-state index in [4.69, 9.17) is 10.2 Å². The molecule has 7 heteroatoms. The Morgan fingerprint density at radius 1 is 1.29 bits per heavy atom. The third-order valence-electron chi connectivity index (χ3n) is 3.05. The highest BCUT2D eigenvalue weighted by atomic mass is 16.4. The number of pyridine rings is 1. The van der Waals surface area contributed by atoms with Crippen LogP contribution >= 0.6 is 0 Å². The third-order valence-corrected chi connectivity index (χ3v) is 3.05. The Morgan fingerprint density at radius 3 is 2.67 bits per heavy atom. The van der Waals surface area contributed by atoms with Crippen LogP contribution in [-0.4, -0.2) is 39.7 Å². The normalized spacial score (nSPS) is 12.0. The van der Waals surface area contributed by atoms with Gasteiger partial charge in [0.05, 0.1) is 0 Å². The number of amides is 1. The van der Waals surface area contributed by atoms with Crippen molar-refractivity contribution >= 4 is 22.8 Å². The molecule has 0 saturated carbocycles. The topological polar surface area (TPSA) is 119 Å². The summed E-state index contributed by atoms with van der Waals surface area (Å²) < 4.78 is 0. The van der Waals surface area contributed by atoms with Crippen LogP contribution in [0.4, 0.5) is 0 Å². The molecule has 0 aliphatic carbocycles. The lowest BCUT2D eigenvalue weighted by Gasteiger charge is -2.13. The van der Waals surface area contributed by atoms with Crippen molar-refractivity contribution in [1.29, 1.82) is 0 Å². The molecule has 21 heavy (non-hydrogen) atoms. The Labute approximate surface area is 119 Å². The van der Waals surface area contributed by atoms with E-state index < -0.39 is 23.3 Å². The maximum Gasteiger partial charge on any atom is 0.326 e. The van der Waals surface area contributed by atoms with Crippen LogP contribution in [0.15, 0.2) is 35.3 Å². The number of aromatic nitrogens is 1. The molecule has 0 aliphatic rings. The first kappa shape index (κ1) is 14.7. The zero-order valence-electron chi connectivity index (χ0n) is 11.0. The standard InChI is InChI=1S/C14H14N2O5/c17-6-5-11(14(20)21)16-13(19)9-7-15-10-4-2-1-3-8(10)12(9)18/h1-4,7,11,17H,5-6H2,(H,15,18)(H,16,19)(H,20,21). The second-order valence-electron chi connectivity index (χ2n) is 4.45. The van der Waals surface area contributed by atoms with Crippen LogP contribution in [0.3, 0.4) is 0 Å². The number of carboxylic acids is 1. The highest BCUT2D eigenvalue weighted by Gasteiger charge is 2.21. The Hall–Kier alpha value is -2.67. The lowest BCUT2D eigenvalue weighted by Crippen LogP contribution is -2.42. The molecule has 0 bridgehead atoms. The van der Waals surface area contributed by atoms with E-state index in [-0.39, 0.29) is 18.6 Å². The van der Waals surface area contributed by atoms with Crippen LogP contribution in [-0.2, 0) is 4.79 Å². The number of fused-ring (bicyclic) bond motifs is 1. The molecule has 4 N–H and O–H groups in total. The minimum atomic E-state index is -1.27. The summed E-state index contributed by atoms with van der Waals surface area (Å²) in [4.78, 5) is 38.0. The van der Waals surface area contributed by atoms with Gasteiger partial charge < -0.3 is 20.5 Å². The van der Waals surface area contributed by atoms with E-state index in [2.05, 4.69) is 10.3 Å². The largest absolute Gasteiger partial charge is 0.480 e. The van der Waals surface area contributed by atoms with Crippen LogP contribution in [0.2, 0.25) is 0 Å². The number of para-hydroxylation sites is 1. The van der Waals surface area contributed by atoms with Crippen molar-refractivity contribution in [2.75, 3.05) is 6.61 Å². The molecule has 1 atom stereocenters. The van der Waals surface area contributed by atoms with E-state index in [1.54, 1.807) is 24.3 Å². The number of aliphatic carboxylic acids is 1. The lowest BCUT2D eigenvalue weighted by atomic mass is 10.1. The summed E-state index contributed by atoms with van der Waals surface area (Å²) in [7, 11) is 0. The molecule has 0 fully saturated rings. The molecule has 2 rings (SSSR count). The van der Waals surface area contributed by atoms with E-state index in [9.17, 15) is 14.4 Å². The van der Waals surface area contributed by atoms with Crippen LogP contribution in [0.5, 0.6) is 0 Å². The summed E-state index contributed by atoms with van der Waals surface area (Å²) in [5.41, 5.74) is -0.0583. The number of aliphatic hydroxyl groups excluding tert-OH is 1. The molecule has 0 saturated heterocycles. The van der Waals surface area contributed by atoms with Gasteiger partial charge in [-0.1, -0.05) is 12.1 Å². The van der Waals surface area contributed by atoms with Crippen molar-refractivity contribution in [2.24, 2.45) is 0 Å². The predicted molar refractivity (Wildman–Crippen MR) is 75.2 cm³/mol. The predicted octanol–water partition coefficient (Wildman–Crippen LogP) is 0.0935. The monoisotopic (exact) mass is 290 g/mol. The summed E-state index contributed by atoms with van der Waals surface area (Å²) in [6.45, 7) is -0.384. The van der Waals surface area contributed by atoms with E-state index in [1.807, 2.05) is 0 Å². The molecular formula is C14H14N2O5. The van der Waals surface area contributed by atoms with Gasteiger partial charge in [0.15, 0.2) is 0 Å². The summed E-state index contributed by atoms with van der Waals surface area (Å²) >= 11 is 0. The first-order chi connectivity index (χ1) is 10.0. The van der Waals surface area contributed by atoms with Gasteiger partial charge in [0.2, 0.25) is 5.43 Å². The smallest absolute Gasteiger partial charge is 0.326 e. The second-order valence-corrected chi connectivity index (χ2v) is 4.45. The molecule has 0 spiro atoms. The molecule has 110 valence electrons. The number of carbonyl (C=O) groups is 2. The molecule has 1 amide bonds. The summed E-state index contributed by atoms with van der Waals surface area (Å²) in [6.07, 6.45) is 1.12. The Kier molecular flexibility index (Phi) is 4.34. The highest BCUT2D eigenvalue weighted by Crippen LogP contribution is 2.07. The van der Waals surface area contributed by atoms with Gasteiger partial charge in [-0.3, -0.25) is 9.59 Å². The molecule has 1 aromatic heterocycles. The molecular weight excluding hydrogens is 276 g/mol. The average Bonchev–Trinajstić information content (AvgIpc) is 2.47. The van der Waals surface area contributed by atoms with Crippen LogP contribution in [0.1, 0.15) is 16.8 Å². The van der Waals surface area contributed by atoms with Gasteiger partial charge in [-0.25, -0.2) is 4.79 Å². The zero-order chi connectivity index (χ0) is 15.4. The number of carboxylic acid groups (broad SMARTS) is 1. The Balaban J connectivity index is 2.33. The van der Waals surface area contributed by atoms with Gasteiger partial charge in [-0.05, 0) is 12.1 Å². The second kappa shape index (κ2) is 6.19. The number of aliphatic hydroxyl groups is 1. The fourth-order valence-electron chi connectivity index (χ4n) is 1.96. The van der Waals surface area contributed by atoms with Crippen molar-refractivity contribution in [3.63, 3.8) is 0 Å². The maximum absolute atomic E-state index is 12.2. The van der Waals surface area contributed by atoms with Gasteiger partial charge in [0, 0.05) is 30.1 Å². The first-order valence-corrected chi connectivity index (χ1v) is 6.29. The van der Waals surface area contributed by atoms with Crippen LogP contribution < -0.4 is 10.7 Å². The van der Waals surface area contributed by atoms with E-state index in [0.29, 0.717) is 10.9 Å². The van der Waals surface area contributed by atoms with Crippen molar-refractivity contribution in [3.05, 3.63) is 46.2 Å². The lowest BCUT2D eigenvalue weighted by molar-refractivity contribution is -0.139. The zero-order valence-corrected chi connectivity index (χ0v) is 11.0. The molecule has 0 aliphatic heterocycles. The fraction of sp³-hybridized carbons (Fsp3) is 0.214. The molecule has 1 aromatic carbocycles. The van der Waals surface area contributed by atoms with Gasteiger partial charge in [0.25, 0.3) is 5.91 Å². The average molecular weight is 290 g/mol. The quantitative estimate of drug-likeness (QED) is 0.622. The Morgan fingerprint density at radius 2 is 2.00 bits per heavy atom.